The first kappa shape index (κ1) is 35.2. The molecule has 258 valence electrons. The molecular weight excluding hydrogens is 649 g/mol. The number of carbonyl (C=O) groups is 2. The minimum Gasteiger partial charge on any atom is -0.465 e. The molecule has 3 N–H and O–H groups in total. The predicted octanol–water partition coefficient (Wildman–Crippen LogP) is 6.06. The normalized spacial score (nSPS) is 18.1. The van der Waals surface area contributed by atoms with Crippen LogP contribution in [0.2, 0.25) is 5.02 Å². The number of amides is 1. The standard InChI is InChI=1S/C34H40ClF3N6O4/c1-4-43(5-2)30(45)22-9-7-8-21(16-22)25-17-23(35)10-11-24(25)29(34(36,37)38)48-28-18-27(41-32(39)42-28)44-14-12-33(13-15-44)19-26(40-20-33)31(46)47-6-3/h7-11,16-18,26,29,40H,4-6,12-15,19-20H2,1-3H3,(H2,39,41,42)/t26-,29+/m0/s1. The van der Waals surface area contributed by atoms with Crippen LogP contribution in [0.5, 0.6) is 5.88 Å². The van der Waals surface area contributed by atoms with Crippen molar-refractivity contribution in [1.29, 1.82) is 0 Å². The number of nitrogens with zero attached hydrogens (tertiary/aromatic N) is 4. The summed E-state index contributed by atoms with van der Waals surface area (Å²) in [6.45, 7) is 8.56. The second kappa shape index (κ2) is 14.6. The number of piperidine rings is 1. The third-order valence-electron chi connectivity index (χ3n) is 9.09. The van der Waals surface area contributed by atoms with Gasteiger partial charge in [0, 0.05) is 54.9 Å². The Morgan fingerprint density at radius 2 is 1.83 bits per heavy atom. The van der Waals surface area contributed by atoms with Gasteiger partial charge in [-0.25, -0.2) is 0 Å². The minimum absolute atomic E-state index is 0.0918. The molecule has 2 aromatic carbocycles. The molecule has 1 amide bonds. The molecule has 10 nitrogen and oxygen atoms in total. The van der Waals surface area contributed by atoms with Crippen LogP contribution in [-0.2, 0) is 9.53 Å². The highest BCUT2D eigenvalue weighted by Gasteiger charge is 2.46. The molecule has 1 aromatic heterocycles. The van der Waals surface area contributed by atoms with Crippen LogP contribution in [0.4, 0.5) is 24.9 Å². The van der Waals surface area contributed by atoms with Gasteiger partial charge < -0.3 is 30.3 Å². The number of nitrogens with one attached hydrogen (secondary N) is 1. The summed E-state index contributed by atoms with van der Waals surface area (Å²) in [5.74, 6) is -0.709. The van der Waals surface area contributed by atoms with Crippen LogP contribution in [0.15, 0.2) is 48.5 Å². The molecule has 2 atom stereocenters. The molecule has 0 unspecified atom stereocenters. The quantitative estimate of drug-likeness (QED) is 0.245. The van der Waals surface area contributed by atoms with E-state index >= 15 is 0 Å². The van der Waals surface area contributed by atoms with Crippen LogP contribution >= 0.6 is 11.6 Å². The third kappa shape index (κ3) is 7.78. The Kier molecular flexibility index (Phi) is 10.7. The summed E-state index contributed by atoms with van der Waals surface area (Å²) in [5, 5.41) is 3.49. The van der Waals surface area contributed by atoms with Gasteiger partial charge in [-0.3, -0.25) is 9.59 Å². The lowest BCUT2D eigenvalue weighted by Gasteiger charge is -2.39. The number of aromatic nitrogens is 2. The molecule has 48 heavy (non-hydrogen) atoms. The number of ether oxygens (including phenoxy) is 2. The number of rotatable bonds is 10. The van der Waals surface area contributed by atoms with Crippen LogP contribution in [0.1, 0.15) is 62.1 Å². The number of carbonyl (C=O) groups excluding carboxylic acids is 2. The second-order valence-electron chi connectivity index (χ2n) is 12.1. The van der Waals surface area contributed by atoms with Crippen molar-refractivity contribution in [2.24, 2.45) is 5.41 Å². The van der Waals surface area contributed by atoms with Gasteiger partial charge in [0.2, 0.25) is 17.9 Å². The first-order valence-corrected chi connectivity index (χ1v) is 16.5. The first-order valence-electron chi connectivity index (χ1n) is 16.1. The van der Waals surface area contributed by atoms with E-state index in [2.05, 4.69) is 15.3 Å². The van der Waals surface area contributed by atoms with Crippen LogP contribution < -0.4 is 20.7 Å². The van der Waals surface area contributed by atoms with E-state index in [1.807, 2.05) is 18.7 Å². The van der Waals surface area contributed by atoms with Gasteiger partial charge in [-0.05, 0) is 80.8 Å². The number of nitrogens with two attached hydrogens (primary N) is 1. The molecule has 0 aliphatic carbocycles. The zero-order valence-corrected chi connectivity index (χ0v) is 27.9. The number of esters is 1. The van der Waals surface area contributed by atoms with Crippen molar-refractivity contribution >= 4 is 35.2 Å². The number of nitrogen functional groups attached to an aromatic ring is 1. The number of halogens is 4. The molecule has 3 heterocycles. The molecule has 3 aromatic rings. The van der Waals surface area contributed by atoms with Crippen molar-refractivity contribution in [3.63, 3.8) is 0 Å². The zero-order chi connectivity index (χ0) is 34.6. The number of alkyl halides is 3. The Hall–Kier alpha value is -4.10. The van der Waals surface area contributed by atoms with Crippen molar-refractivity contribution in [2.75, 3.05) is 50.0 Å². The largest absolute Gasteiger partial charge is 0.465 e. The molecule has 14 heteroatoms. The summed E-state index contributed by atoms with van der Waals surface area (Å²) in [5.41, 5.74) is 6.57. The molecule has 2 aliphatic rings. The lowest BCUT2D eigenvalue weighted by Crippen LogP contribution is -2.41. The van der Waals surface area contributed by atoms with Crippen LogP contribution in [0, 0.1) is 5.41 Å². The molecular formula is C34H40ClF3N6O4. The molecule has 1 spiro atoms. The molecule has 2 aliphatic heterocycles. The van der Waals surface area contributed by atoms with E-state index in [0.717, 1.165) is 12.8 Å². The molecule has 0 radical (unpaired) electrons. The molecule has 2 saturated heterocycles. The Balaban J connectivity index is 1.40. The van der Waals surface area contributed by atoms with Gasteiger partial charge in [0.05, 0.1) is 6.61 Å². The summed E-state index contributed by atoms with van der Waals surface area (Å²) < 4.78 is 55.2. The summed E-state index contributed by atoms with van der Waals surface area (Å²) in [4.78, 5) is 37.2. The third-order valence-corrected chi connectivity index (χ3v) is 9.33. The number of hydrogen-bond acceptors (Lipinski definition) is 9. The number of anilines is 2. The van der Waals surface area contributed by atoms with E-state index in [-0.39, 0.29) is 51.3 Å². The van der Waals surface area contributed by atoms with Crippen LogP contribution in [0.25, 0.3) is 11.1 Å². The minimum atomic E-state index is -4.86. The van der Waals surface area contributed by atoms with E-state index in [9.17, 15) is 22.8 Å². The lowest BCUT2D eigenvalue weighted by molar-refractivity contribution is -0.198. The Bertz CT molecular complexity index is 1630. The van der Waals surface area contributed by atoms with Crippen molar-refractivity contribution in [3.05, 3.63) is 64.7 Å². The van der Waals surface area contributed by atoms with E-state index < -0.39 is 12.3 Å². The van der Waals surface area contributed by atoms with E-state index in [4.69, 9.17) is 26.8 Å². The van der Waals surface area contributed by atoms with Crippen molar-refractivity contribution in [1.82, 2.24) is 20.2 Å². The highest BCUT2D eigenvalue weighted by molar-refractivity contribution is 6.30. The van der Waals surface area contributed by atoms with Gasteiger partial charge in [-0.15, -0.1) is 0 Å². The zero-order valence-electron chi connectivity index (χ0n) is 27.1. The fraction of sp³-hybridized carbons (Fsp3) is 0.471. The molecule has 2 fully saturated rings. The second-order valence-corrected chi connectivity index (χ2v) is 12.6. The van der Waals surface area contributed by atoms with Crippen molar-refractivity contribution in [2.45, 2.75) is 58.4 Å². The summed E-state index contributed by atoms with van der Waals surface area (Å²) in [7, 11) is 0. The van der Waals surface area contributed by atoms with Gasteiger partial charge in [0.15, 0.2) is 0 Å². The molecule has 0 bridgehead atoms. The summed E-state index contributed by atoms with van der Waals surface area (Å²) in [6, 6.07) is 11.5. The number of hydrogen-bond donors (Lipinski definition) is 2. The monoisotopic (exact) mass is 688 g/mol. The van der Waals surface area contributed by atoms with Crippen LogP contribution in [-0.4, -0.2) is 78.3 Å². The maximum Gasteiger partial charge on any atom is 0.429 e. The van der Waals surface area contributed by atoms with Gasteiger partial charge >= 0.3 is 12.1 Å². The van der Waals surface area contributed by atoms with E-state index in [0.29, 0.717) is 62.7 Å². The fourth-order valence-corrected chi connectivity index (χ4v) is 6.69. The van der Waals surface area contributed by atoms with Gasteiger partial charge in [-0.1, -0.05) is 29.8 Å². The summed E-state index contributed by atoms with van der Waals surface area (Å²) >= 11 is 6.29. The SMILES string of the molecule is CCOC(=O)[C@@H]1CC2(CCN(c3cc(O[C@H](c4ccc(Cl)cc4-c4cccc(C(=O)N(CC)CC)c4)C(F)(F)F)nc(N)n3)CC2)CN1. The maximum absolute atomic E-state index is 14.8. The lowest BCUT2D eigenvalue weighted by atomic mass is 9.76. The average molecular weight is 689 g/mol. The van der Waals surface area contributed by atoms with E-state index in [1.54, 1.807) is 36.1 Å². The molecule has 5 rings (SSSR count). The highest BCUT2D eigenvalue weighted by atomic mass is 35.5. The van der Waals surface area contributed by atoms with Crippen molar-refractivity contribution < 1.29 is 32.2 Å². The average Bonchev–Trinajstić information content (AvgIpc) is 3.47. The molecule has 0 saturated carbocycles. The fourth-order valence-electron chi connectivity index (χ4n) is 6.52. The topological polar surface area (TPSA) is 123 Å². The van der Waals surface area contributed by atoms with Crippen LogP contribution in [0.3, 0.4) is 0 Å². The maximum atomic E-state index is 14.8. The Labute approximate surface area is 282 Å². The highest BCUT2D eigenvalue weighted by Crippen LogP contribution is 2.43. The predicted molar refractivity (Wildman–Crippen MR) is 177 cm³/mol. The summed E-state index contributed by atoms with van der Waals surface area (Å²) in [6.07, 6.45) is -5.16. The van der Waals surface area contributed by atoms with E-state index in [1.165, 1.54) is 24.3 Å². The smallest absolute Gasteiger partial charge is 0.429 e. The number of benzene rings is 2. The van der Waals surface area contributed by atoms with Crippen molar-refractivity contribution in [3.8, 4) is 17.0 Å². The van der Waals surface area contributed by atoms with Gasteiger partial charge in [0.1, 0.15) is 11.9 Å². The van der Waals surface area contributed by atoms with Gasteiger partial charge in [0.25, 0.3) is 5.91 Å². The Morgan fingerprint density at radius 1 is 1.10 bits per heavy atom. The van der Waals surface area contributed by atoms with Gasteiger partial charge in [-0.2, -0.15) is 23.1 Å². The first-order chi connectivity index (χ1) is 22.9. The Morgan fingerprint density at radius 3 is 2.50 bits per heavy atom.